The van der Waals surface area contributed by atoms with Crippen molar-refractivity contribution in [1.82, 2.24) is 20.3 Å². The molecule has 2 heterocycles. The smallest absolute Gasteiger partial charge is 0.331 e. The molecule has 0 saturated carbocycles. The Hall–Kier alpha value is -2.35. The summed E-state index contributed by atoms with van der Waals surface area (Å²) in [7, 11) is 0. The van der Waals surface area contributed by atoms with Crippen molar-refractivity contribution in [2.24, 2.45) is 0 Å². The molecule has 0 spiro atoms. The molecule has 0 atom stereocenters. The molecule has 1 amide bonds. The molecule has 0 radical (unpaired) electrons. The van der Waals surface area contributed by atoms with E-state index in [1.165, 1.54) is 11.3 Å². The number of carbonyl (C=O) groups is 1. The predicted molar refractivity (Wildman–Crippen MR) is 69.4 cm³/mol. The van der Waals surface area contributed by atoms with E-state index in [4.69, 9.17) is 0 Å². The number of nitrogens with one attached hydrogen (secondary N) is 1. The highest BCUT2D eigenvalue weighted by Crippen LogP contribution is 2.17. The summed E-state index contributed by atoms with van der Waals surface area (Å²) in [5.74, 6) is -1.64. The van der Waals surface area contributed by atoms with E-state index >= 15 is 0 Å². The van der Waals surface area contributed by atoms with Crippen LogP contribution in [0.15, 0.2) is 29.6 Å². The van der Waals surface area contributed by atoms with Crippen molar-refractivity contribution in [2.75, 3.05) is 0 Å². The van der Waals surface area contributed by atoms with Gasteiger partial charge in [-0.2, -0.15) is 4.68 Å². The van der Waals surface area contributed by atoms with Crippen LogP contribution in [0.4, 0.5) is 13.6 Å². The average Bonchev–Trinajstić information content (AvgIpc) is 3.04. The Morgan fingerprint density at radius 3 is 3.00 bits per heavy atom. The van der Waals surface area contributed by atoms with E-state index in [1.807, 2.05) is 17.5 Å². The van der Waals surface area contributed by atoms with Crippen molar-refractivity contribution in [3.63, 3.8) is 0 Å². The standard InChI is InChI=1S/C12H8F2N4OS/c13-7-4-9(14)11-10(5-7)18(17-16-11)12(19)15-6-8-2-1-3-20-8/h1-5H,6H2,(H,15,19). The molecule has 102 valence electrons. The van der Waals surface area contributed by atoms with Gasteiger partial charge >= 0.3 is 6.03 Å². The van der Waals surface area contributed by atoms with Crippen molar-refractivity contribution in [3.8, 4) is 0 Å². The summed E-state index contributed by atoms with van der Waals surface area (Å²) in [5.41, 5.74) is -0.149. The van der Waals surface area contributed by atoms with Crippen LogP contribution in [-0.2, 0) is 6.54 Å². The quantitative estimate of drug-likeness (QED) is 0.790. The van der Waals surface area contributed by atoms with E-state index in [9.17, 15) is 13.6 Å². The van der Waals surface area contributed by atoms with Gasteiger partial charge in [-0.25, -0.2) is 13.6 Å². The largest absolute Gasteiger partial charge is 0.344 e. The van der Waals surface area contributed by atoms with Gasteiger partial charge in [0.15, 0.2) is 5.82 Å². The normalized spacial score (nSPS) is 10.9. The summed E-state index contributed by atoms with van der Waals surface area (Å²) >= 11 is 1.49. The number of hydrogen-bond donors (Lipinski definition) is 1. The minimum absolute atomic E-state index is 0.00817. The molecule has 0 aliphatic heterocycles. The Balaban J connectivity index is 1.88. The number of amides is 1. The highest BCUT2D eigenvalue weighted by Gasteiger charge is 2.16. The molecular formula is C12H8F2N4OS. The van der Waals surface area contributed by atoms with Crippen LogP contribution in [0.2, 0.25) is 0 Å². The number of hydrogen-bond acceptors (Lipinski definition) is 4. The first kappa shape index (κ1) is 12.7. The van der Waals surface area contributed by atoms with Crippen molar-refractivity contribution in [2.45, 2.75) is 6.54 Å². The van der Waals surface area contributed by atoms with Crippen LogP contribution in [-0.4, -0.2) is 21.0 Å². The van der Waals surface area contributed by atoms with Crippen molar-refractivity contribution < 1.29 is 13.6 Å². The third-order valence-electron chi connectivity index (χ3n) is 2.66. The van der Waals surface area contributed by atoms with Crippen LogP contribution < -0.4 is 5.32 Å². The van der Waals surface area contributed by atoms with Crippen LogP contribution in [0.5, 0.6) is 0 Å². The zero-order valence-corrected chi connectivity index (χ0v) is 10.8. The molecule has 3 aromatic rings. The molecule has 0 unspecified atom stereocenters. The predicted octanol–water partition coefficient (Wildman–Crippen LogP) is 2.53. The number of benzene rings is 1. The molecule has 1 aromatic carbocycles. The SMILES string of the molecule is O=C(NCc1cccs1)n1nnc2c(F)cc(F)cc21. The number of aromatic nitrogens is 3. The maximum absolute atomic E-state index is 13.4. The van der Waals surface area contributed by atoms with Crippen LogP contribution in [0, 0.1) is 11.6 Å². The van der Waals surface area contributed by atoms with Crippen molar-refractivity contribution in [3.05, 3.63) is 46.2 Å². The fraction of sp³-hybridized carbons (Fsp3) is 0.0833. The lowest BCUT2D eigenvalue weighted by Crippen LogP contribution is -2.28. The van der Waals surface area contributed by atoms with E-state index in [-0.39, 0.29) is 11.0 Å². The lowest BCUT2D eigenvalue weighted by molar-refractivity contribution is 0.239. The molecule has 0 bridgehead atoms. The fourth-order valence-electron chi connectivity index (χ4n) is 1.75. The summed E-state index contributed by atoms with van der Waals surface area (Å²) in [6.45, 7) is 0.315. The second kappa shape index (κ2) is 4.97. The molecule has 20 heavy (non-hydrogen) atoms. The van der Waals surface area contributed by atoms with Crippen LogP contribution in [0.25, 0.3) is 11.0 Å². The summed E-state index contributed by atoms with van der Waals surface area (Å²) in [6, 6.07) is 4.85. The van der Waals surface area contributed by atoms with Gasteiger partial charge in [0.1, 0.15) is 16.9 Å². The van der Waals surface area contributed by atoms with Gasteiger partial charge < -0.3 is 5.32 Å². The number of thiophene rings is 1. The number of rotatable bonds is 2. The summed E-state index contributed by atoms with van der Waals surface area (Å²) in [6.07, 6.45) is 0. The van der Waals surface area contributed by atoms with Crippen molar-refractivity contribution >= 4 is 28.4 Å². The first-order chi connectivity index (χ1) is 9.65. The summed E-state index contributed by atoms with van der Waals surface area (Å²) in [5, 5.41) is 11.6. The number of halogens is 2. The minimum atomic E-state index is -0.850. The van der Waals surface area contributed by atoms with Crippen LogP contribution in [0.3, 0.4) is 0 Å². The second-order valence-corrected chi connectivity index (χ2v) is 5.03. The molecule has 0 aliphatic carbocycles. The fourth-order valence-corrected chi connectivity index (χ4v) is 2.40. The zero-order valence-electron chi connectivity index (χ0n) is 10.0. The Kier molecular flexibility index (Phi) is 3.15. The van der Waals surface area contributed by atoms with Gasteiger partial charge in [0, 0.05) is 17.0 Å². The molecule has 3 rings (SSSR count). The lowest BCUT2D eigenvalue weighted by Gasteiger charge is -2.03. The molecular weight excluding hydrogens is 286 g/mol. The van der Waals surface area contributed by atoms with Gasteiger partial charge in [0.25, 0.3) is 0 Å². The molecule has 8 heteroatoms. The minimum Gasteiger partial charge on any atom is -0.331 e. The average molecular weight is 294 g/mol. The maximum atomic E-state index is 13.4. The van der Waals surface area contributed by atoms with Gasteiger partial charge in [0.05, 0.1) is 6.54 Å². The Morgan fingerprint density at radius 2 is 2.25 bits per heavy atom. The first-order valence-corrected chi connectivity index (χ1v) is 6.54. The highest BCUT2D eigenvalue weighted by atomic mass is 32.1. The third kappa shape index (κ3) is 2.25. The summed E-state index contributed by atoms with van der Waals surface area (Å²) < 4.78 is 27.5. The van der Waals surface area contributed by atoms with Crippen LogP contribution >= 0.6 is 11.3 Å². The molecule has 5 nitrogen and oxygen atoms in total. The summed E-state index contributed by atoms with van der Waals surface area (Å²) in [4.78, 5) is 12.9. The van der Waals surface area contributed by atoms with Gasteiger partial charge in [-0.3, -0.25) is 0 Å². The van der Waals surface area contributed by atoms with E-state index in [0.717, 1.165) is 15.6 Å². The van der Waals surface area contributed by atoms with Gasteiger partial charge in [0.2, 0.25) is 0 Å². The van der Waals surface area contributed by atoms with E-state index in [0.29, 0.717) is 12.6 Å². The lowest BCUT2D eigenvalue weighted by atomic mass is 10.3. The van der Waals surface area contributed by atoms with Crippen molar-refractivity contribution in [1.29, 1.82) is 0 Å². The Labute approximate surface area is 115 Å². The number of nitrogens with zero attached hydrogens (tertiary/aromatic N) is 3. The molecule has 2 aromatic heterocycles. The third-order valence-corrected chi connectivity index (χ3v) is 3.53. The second-order valence-electron chi connectivity index (χ2n) is 3.99. The molecule has 1 N–H and O–H groups in total. The van der Waals surface area contributed by atoms with Gasteiger partial charge in [-0.15, -0.1) is 16.4 Å². The first-order valence-electron chi connectivity index (χ1n) is 5.66. The number of fused-ring (bicyclic) bond motifs is 1. The van der Waals surface area contributed by atoms with E-state index < -0.39 is 17.7 Å². The highest BCUT2D eigenvalue weighted by molar-refractivity contribution is 7.09. The van der Waals surface area contributed by atoms with E-state index in [1.54, 1.807) is 0 Å². The zero-order chi connectivity index (χ0) is 14.1. The number of carbonyl (C=O) groups excluding carboxylic acids is 1. The topological polar surface area (TPSA) is 59.8 Å². The Bertz CT molecular complexity index is 769. The van der Waals surface area contributed by atoms with Gasteiger partial charge in [-0.1, -0.05) is 11.3 Å². The molecule has 0 fully saturated rings. The molecule has 0 aliphatic rings. The maximum Gasteiger partial charge on any atom is 0.344 e. The monoisotopic (exact) mass is 294 g/mol. The Morgan fingerprint density at radius 1 is 1.40 bits per heavy atom. The van der Waals surface area contributed by atoms with E-state index in [2.05, 4.69) is 15.6 Å². The van der Waals surface area contributed by atoms with Crippen LogP contribution in [0.1, 0.15) is 4.88 Å². The van der Waals surface area contributed by atoms with Gasteiger partial charge in [-0.05, 0) is 11.4 Å². The molecule has 0 saturated heterocycles.